The van der Waals surface area contributed by atoms with Gasteiger partial charge in [-0.2, -0.15) is 0 Å². The number of halogens is 1. The lowest BCUT2D eigenvalue weighted by Gasteiger charge is -2.14. The Hall–Kier alpha value is -0.520. The average Bonchev–Trinajstić information content (AvgIpc) is 2.49. The fraction of sp³-hybridized carbons (Fsp3) is 0.533. The van der Waals surface area contributed by atoms with Crippen molar-refractivity contribution >= 4 is 51.7 Å². The van der Waals surface area contributed by atoms with Crippen LogP contribution >= 0.6 is 35.7 Å². The highest BCUT2D eigenvalue weighted by atomic mass is 127. The molecular formula is C15H27IN4O2S2. The van der Waals surface area contributed by atoms with Crippen LogP contribution in [0.4, 0.5) is 0 Å². The normalized spacial score (nSPS) is 11.8. The second-order valence-electron chi connectivity index (χ2n) is 5.19. The Morgan fingerprint density at radius 2 is 1.96 bits per heavy atom. The van der Waals surface area contributed by atoms with Gasteiger partial charge in [-0.15, -0.1) is 35.7 Å². The molecule has 0 aliphatic heterocycles. The molecule has 0 unspecified atom stereocenters. The van der Waals surface area contributed by atoms with Crippen molar-refractivity contribution in [1.29, 1.82) is 0 Å². The van der Waals surface area contributed by atoms with Gasteiger partial charge in [0, 0.05) is 31.6 Å². The summed E-state index contributed by atoms with van der Waals surface area (Å²) >= 11 is 1.73. The van der Waals surface area contributed by atoms with Crippen molar-refractivity contribution in [3.63, 3.8) is 0 Å². The SMILES string of the molecule is CN=C(NCCCNS(C)(=O)=O)NCc1ccc(C)cc1SC.I. The van der Waals surface area contributed by atoms with Crippen molar-refractivity contribution in [1.82, 2.24) is 15.4 Å². The average molecular weight is 486 g/mol. The number of nitrogens with one attached hydrogen (secondary N) is 3. The summed E-state index contributed by atoms with van der Waals surface area (Å²) in [6.07, 6.45) is 3.92. The lowest BCUT2D eigenvalue weighted by Crippen LogP contribution is -2.38. The maximum Gasteiger partial charge on any atom is 0.208 e. The van der Waals surface area contributed by atoms with E-state index in [0.29, 0.717) is 32.0 Å². The number of guanidine groups is 1. The number of rotatable bonds is 8. The molecule has 0 spiro atoms. The Kier molecular flexibility index (Phi) is 11.7. The van der Waals surface area contributed by atoms with Crippen LogP contribution in [0.2, 0.25) is 0 Å². The first kappa shape index (κ1) is 23.5. The van der Waals surface area contributed by atoms with E-state index in [-0.39, 0.29) is 24.0 Å². The van der Waals surface area contributed by atoms with Crippen molar-refractivity contribution in [2.75, 3.05) is 32.6 Å². The highest BCUT2D eigenvalue weighted by Gasteiger charge is 2.04. The number of nitrogens with zero attached hydrogens (tertiary/aromatic N) is 1. The molecule has 1 aromatic carbocycles. The number of aryl methyl sites for hydroxylation is 1. The van der Waals surface area contributed by atoms with E-state index in [4.69, 9.17) is 0 Å². The van der Waals surface area contributed by atoms with Gasteiger partial charge in [0.1, 0.15) is 0 Å². The molecule has 1 rings (SSSR count). The zero-order chi connectivity index (χ0) is 17.3. The van der Waals surface area contributed by atoms with Gasteiger partial charge in [0.05, 0.1) is 6.26 Å². The predicted molar refractivity (Wildman–Crippen MR) is 114 cm³/mol. The second kappa shape index (κ2) is 11.9. The molecular weight excluding hydrogens is 459 g/mol. The summed E-state index contributed by atoms with van der Waals surface area (Å²) in [6.45, 7) is 3.84. The zero-order valence-corrected chi connectivity index (χ0v) is 18.5. The second-order valence-corrected chi connectivity index (χ2v) is 7.87. The molecule has 0 aromatic heterocycles. The Bertz CT molecular complexity index is 636. The molecule has 0 aliphatic rings. The quantitative estimate of drug-likeness (QED) is 0.172. The van der Waals surface area contributed by atoms with Gasteiger partial charge in [-0.1, -0.05) is 12.1 Å². The molecule has 0 fully saturated rings. The Morgan fingerprint density at radius 1 is 1.25 bits per heavy atom. The van der Waals surface area contributed by atoms with Gasteiger partial charge in [-0.05, 0) is 36.8 Å². The maximum atomic E-state index is 11.0. The van der Waals surface area contributed by atoms with E-state index in [9.17, 15) is 8.42 Å². The molecule has 0 radical (unpaired) electrons. The third-order valence-corrected chi connectivity index (χ3v) is 4.67. The summed E-state index contributed by atoms with van der Waals surface area (Å²) < 4.78 is 24.4. The van der Waals surface area contributed by atoms with Crippen LogP contribution in [-0.2, 0) is 16.6 Å². The van der Waals surface area contributed by atoms with E-state index in [1.807, 2.05) is 0 Å². The van der Waals surface area contributed by atoms with Gasteiger partial charge < -0.3 is 10.6 Å². The third kappa shape index (κ3) is 9.70. The van der Waals surface area contributed by atoms with E-state index in [2.05, 4.69) is 51.7 Å². The van der Waals surface area contributed by atoms with E-state index in [0.717, 1.165) is 6.26 Å². The van der Waals surface area contributed by atoms with Crippen molar-refractivity contribution in [3.8, 4) is 0 Å². The van der Waals surface area contributed by atoms with Crippen LogP contribution in [0, 0.1) is 6.92 Å². The fourth-order valence-corrected chi connectivity index (χ4v) is 3.17. The number of hydrogen-bond donors (Lipinski definition) is 3. The first-order valence-corrected chi connectivity index (χ1v) is 10.5. The van der Waals surface area contributed by atoms with Crippen LogP contribution < -0.4 is 15.4 Å². The summed E-state index contributed by atoms with van der Waals surface area (Å²) in [7, 11) is -1.40. The predicted octanol–water partition coefficient (Wildman–Crippen LogP) is 1.94. The Labute approximate surface area is 166 Å². The smallest absolute Gasteiger partial charge is 0.208 e. The van der Waals surface area contributed by atoms with E-state index >= 15 is 0 Å². The van der Waals surface area contributed by atoms with Crippen LogP contribution in [0.3, 0.4) is 0 Å². The summed E-state index contributed by atoms with van der Waals surface area (Å²) in [6, 6.07) is 6.40. The molecule has 0 saturated carbocycles. The number of hydrogen-bond acceptors (Lipinski definition) is 4. The van der Waals surface area contributed by atoms with Crippen molar-refractivity contribution in [3.05, 3.63) is 29.3 Å². The van der Waals surface area contributed by atoms with E-state index < -0.39 is 10.0 Å². The zero-order valence-electron chi connectivity index (χ0n) is 14.5. The molecule has 0 saturated heterocycles. The van der Waals surface area contributed by atoms with Crippen LogP contribution in [-0.4, -0.2) is 47.0 Å². The summed E-state index contributed by atoms with van der Waals surface area (Å²) in [5.74, 6) is 0.706. The molecule has 0 heterocycles. The van der Waals surface area contributed by atoms with Gasteiger partial charge in [-0.3, -0.25) is 4.99 Å². The number of benzene rings is 1. The molecule has 0 amide bonds. The molecule has 3 N–H and O–H groups in total. The topological polar surface area (TPSA) is 82.6 Å². The van der Waals surface area contributed by atoms with Crippen molar-refractivity contribution < 1.29 is 8.42 Å². The molecule has 24 heavy (non-hydrogen) atoms. The number of thioether (sulfide) groups is 1. The van der Waals surface area contributed by atoms with Gasteiger partial charge >= 0.3 is 0 Å². The standard InChI is InChI=1S/C15H26N4O2S2.HI/c1-12-6-7-13(14(10-12)22-3)11-18-15(16-2)17-8-5-9-19-23(4,20)21;/h6-7,10,19H,5,8-9,11H2,1-4H3,(H2,16,17,18);1H. The molecule has 6 nitrogen and oxygen atoms in total. The van der Waals surface area contributed by atoms with Gasteiger partial charge in [0.2, 0.25) is 10.0 Å². The first-order chi connectivity index (χ1) is 10.9. The highest BCUT2D eigenvalue weighted by Crippen LogP contribution is 2.21. The minimum atomic E-state index is -3.11. The van der Waals surface area contributed by atoms with Crippen LogP contribution in [0.15, 0.2) is 28.1 Å². The monoisotopic (exact) mass is 486 g/mol. The highest BCUT2D eigenvalue weighted by molar-refractivity contribution is 14.0. The fourth-order valence-electron chi connectivity index (χ4n) is 1.95. The van der Waals surface area contributed by atoms with E-state index in [1.165, 1.54) is 16.0 Å². The molecule has 9 heteroatoms. The first-order valence-electron chi connectivity index (χ1n) is 7.38. The lowest BCUT2D eigenvalue weighted by atomic mass is 10.1. The molecule has 0 bridgehead atoms. The molecule has 1 aromatic rings. The van der Waals surface area contributed by atoms with Crippen LogP contribution in [0.5, 0.6) is 0 Å². The Balaban J connectivity index is 0.00000529. The van der Waals surface area contributed by atoms with Crippen molar-refractivity contribution in [2.45, 2.75) is 24.8 Å². The molecule has 0 aliphatic carbocycles. The third-order valence-electron chi connectivity index (χ3n) is 3.12. The number of sulfonamides is 1. The van der Waals surface area contributed by atoms with Gasteiger partial charge in [0.25, 0.3) is 0 Å². The lowest BCUT2D eigenvalue weighted by molar-refractivity contribution is 0.584. The Morgan fingerprint density at radius 3 is 2.54 bits per heavy atom. The van der Waals surface area contributed by atoms with Crippen LogP contribution in [0.25, 0.3) is 0 Å². The molecule has 0 atom stereocenters. The minimum absolute atomic E-state index is 0. The maximum absolute atomic E-state index is 11.0. The van der Waals surface area contributed by atoms with Crippen LogP contribution in [0.1, 0.15) is 17.5 Å². The van der Waals surface area contributed by atoms with Gasteiger partial charge in [-0.25, -0.2) is 13.1 Å². The molecule has 138 valence electrons. The van der Waals surface area contributed by atoms with Crippen molar-refractivity contribution in [2.24, 2.45) is 4.99 Å². The number of aliphatic imine (C=N–C) groups is 1. The largest absolute Gasteiger partial charge is 0.356 e. The summed E-state index contributed by atoms with van der Waals surface area (Å²) in [5.41, 5.74) is 2.48. The van der Waals surface area contributed by atoms with Gasteiger partial charge in [0.15, 0.2) is 5.96 Å². The van der Waals surface area contributed by atoms with E-state index in [1.54, 1.807) is 18.8 Å². The summed E-state index contributed by atoms with van der Waals surface area (Å²) in [4.78, 5) is 5.43. The minimum Gasteiger partial charge on any atom is -0.356 e. The summed E-state index contributed by atoms with van der Waals surface area (Å²) in [5, 5.41) is 6.45.